The van der Waals surface area contributed by atoms with E-state index in [9.17, 15) is 8.42 Å². The Morgan fingerprint density at radius 2 is 1.57 bits per heavy atom. The number of hydrogen-bond acceptors (Lipinski definition) is 5. The number of sulfone groups is 1. The average molecular weight is 224 g/mol. The molecule has 1 aliphatic rings. The lowest BCUT2D eigenvalue weighted by Gasteiger charge is -2.28. The normalized spacial score (nSPS) is 31.6. The van der Waals surface area contributed by atoms with Gasteiger partial charge in [0.1, 0.15) is 11.5 Å². The van der Waals surface area contributed by atoms with Crippen LogP contribution in [0.2, 0.25) is 0 Å². The van der Waals surface area contributed by atoms with E-state index in [4.69, 9.17) is 14.2 Å². The fraction of sp³-hybridized carbons (Fsp3) is 1.00. The molecule has 1 rings (SSSR count). The molecule has 1 heterocycles. The van der Waals surface area contributed by atoms with Crippen LogP contribution in [0.1, 0.15) is 13.8 Å². The van der Waals surface area contributed by atoms with Crippen LogP contribution < -0.4 is 0 Å². The molecule has 0 bridgehead atoms. The largest absolute Gasteiger partial charge is 0.352 e. The summed E-state index contributed by atoms with van der Waals surface area (Å²) >= 11 is 0. The Morgan fingerprint density at radius 3 is 1.93 bits per heavy atom. The fourth-order valence-corrected chi connectivity index (χ4v) is 2.59. The molecule has 0 aromatic rings. The van der Waals surface area contributed by atoms with Crippen LogP contribution in [0.4, 0.5) is 0 Å². The highest BCUT2D eigenvalue weighted by Crippen LogP contribution is 2.15. The molecule has 1 aliphatic heterocycles. The van der Waals surface area contributed by atoms with E-state index in [2.05, 4.69) is 0 Å². The first-order valence-corrected chi connectivity index (χ1v) is 6.48. The van der Waals surface area contributed by atoms with E-state index >= 15 is 0 Å². The minimum absolute atomic E-state index is 0.0790. The van der Waals surface area contributed by atoms with E-state index < -0.39 is 22.4 Å². The van der Waals surface area contributed by atoms with Gasteiger partial charge in [-0.1, -0.05) is 0 Å². The predicted octanol–water partition coefficient (Wildman–Crippen LogP) is 0.157. The third kappa shape index (κ3) is 3.53. The second-order valence-electron chi connectivity index (χ2n) is 2.98. The highest BCUT2D eigenvalue weighted by molar-refractivity contribution is 7.91. The summed E-state index contributed by atoms with van der Waals surface area (Å²) in [6.07, 6.45) is -1.37. The topological polar surface area (TPSA) is 61.8 Å². The van der Waals surface area contributed by atoms with Gasteiger partial charge in [0.05, 0.1) is 0 Å². The standard InChI is InChI=1S/C8H16O5S/c1-3-11-7-5-14(9,10)6-8(13-7)12-4-2/h7-8H,3-6H2,1-2H3/t7-,8+. The SMILES string of the molecule is CCO[C@H]1CS(=O)(=O)C[C@@H](OCC)O1. The molecule has 0 spiro atoms. The van der Waals surface area contributed by atoms with Gasteiger partial charge in [0.25, 0.3) is 0 Å². The van der Waals surface area contributed by atoms with Gasteiger partial charge in [-0.25, -0.2) is 8.42 Å². The molecule has 2 atom stereocenters. The van der Waals surface area contributed by atoms with Crippen LogP contribution >= 0.6 is 0 Å². The molecular weight excluding hydrogens is 208 g/mol. The van der Waals surface area contributed by atoms with Crippen LogP contribution in [0.5, 0.6) is 0 Å². The Bertz CT molecular complexity index is 241. The molecule has 0 aliphatic carbocycles. The van der Waals surface area contributed by atoms with Crippen molar-refractivity contribution in [3.05, 3.63) is 0 Å². The molecule has 0 saturated carbocycles. The minimum atomic E-state index is -3.10. The highest BCUT2D eigenvalue weighted by Gasteiger charge is 2.33. The molecule has 1 saturated heterocycles. The average Bonchev–Trinajstić information content (AvgIpc) is 2.01. The number of ether oxygens (including phenoxy) is 3. The quantitative estimate of drug-likeness (QED) is 0.680. The smallest absolute Gasteiger partial charge is 0.174 e. The maximum absolute atomic E-state index is 11.4. The van der Waals surface area contributed by atoms with E-state index in [-0.39, 0.29) is 11.5 Å². The first kappa shape index (κ1) is 11.9. The van der Waals surface area contributed by atoms with Gasteiger partial charge in [0.2, 0.25) is 0 Å². The second kappa shape index (κ2) is 5.06. The van der Waals surface area contributed by atoms with Crippen molar-refractivity contribution in [3.63, 3.8) is 0 Å². The molecule has 0 aromatic heterocycles. The van der Waals surface area contributed by atoms with E-state index in [0.717, 1.165) is 0 Å². The van der Waals surface area contributed by atoms with Gasteiger partial charge in [-0.2, -0.15) is 0 Å². The maximum Gasteiger partial charge on any atom is 0.174 e. The van der Waals surface area contributed by atoms with E-state index in [1.165, 1.54) is 0 Å². The molecule has 14 heavy (non-hydrogen) atoms. The summed E-state index contributed by atoms with van der Waals surface area (Å²) in [4.78, 5) is 0. The first-order valence-electron chi connectivity index (χ1n) is 4.66. The molecule has 1 fully saturated rings. The number of hydrogen-bond donors (Lipinski definition) is 0. The first-order chi connectivity index (χ1) is 6.57. The fourth-order valence-electron chi connectivity index (χ4n) is 1.28. The molecule has 6 heteroatoms. The van der Waals surface area contributed by atoms with Gasteiger partial charge in [0, 0.05) is 13.2 Å². The van der Waals surface area contributed by atoms with Gasteiger partial charge < -0.3 is 14.2 Å². The zero-order valence-electron chi connectivity index (χ0n) is 8.43. The molecular formula is C8H16O5S. The van der Waals surface area contributed by atoms with Gasteiger partial charge in [-0.05, 0) is 13.8 Å². The van der Waals surface area contributed by atoms with E-state index in [1.54, 1.807) is 13.8 Å². The van der Waals surface area contributed by atoms with E-state index in [0.29, 0.717) is 13.2 Å². The maximum atomic E-state index is 11.4. The summed E-state index contributed by atoms with van der Waals surface area (Å²) in [6, 6.07) is 0. The molecule has 84 valence electrons. The van der Waals surface area contributed by atoms with Gasteiger partial charge in [-0.15, -0.1) is 0 Å². The molecule has 0 unspecified atom stereocenters. The Labute approximate surface area is 84.3 Å². The van der Waals surface area contributed by atoms with Crippen molar-refractivity contribution in [3.8, 4) is 0 Å². The van der Waals surface area contributed by atoms with Gasteiger partial charge >= 0.3 is 0 Å². The zero-order chi connectivity index (χ0) is 10.6. The Kier molecular flexibility index (Phi) is 4.31. The summed E-state index contributed by atoms with van der Waals surface area (Å²) in [6.45, 7) is 4.44. The molecule has 0 radical (unpaired) electrons. The molecule has 0 N–H and O–H groups in total. The Morgan fingerprint density at radius 1 is 1.14 bits per heavy atom. The van der Waals surface area contributed by atoms with Gasteiger partial charge in [0.15, 0.2) is 22.4 Å². The second-order valence-corrected chi connectivity index (χ2v) is 5.14. The van der Waals surface area contributed by atoms with Crippen LogP contribution in [0.15, 0.2) is 0 Å². The predicted molar refractivity (Wildman–Crippen MR) is 50.6 cm³/mol. The van der Waals surface area contributed by atoms with Crippen LogP contribution in [0.25, 0.3) is 0 Å². The monoisotopic (exact) mass is 224 g/mol. The van der Waals surface area contributed by atoms with Crippen LogP contribution in [0.3, 0.4) is 0 Å². The van der Waals surface area contributed by atoms with Crippen LogP contribution in [0, 0.1) is 0 Å². The summed E-state index contributed by atoms with van der Waals surface area (Å²) < 4.78 is 38.3. The minimum Gasteiger partial charge on any atom is -0.352 e. The van der Waals surface area contributed by atoms with Crippen molar-refractivity contribution in [1.82, 2.24) is 0 Å². The van der Waals surface area contributed by atoms with Crippen molar-refractivity contribution >= 4 is 9.84 Å². The molecule has 5 nitrogen and oxygen atoms in total. The highest BCUT2D eigenvalue weighted by atomic mass is 32.2. The van der Waals surface area contributed by atoms with Crippen molar-refractivity contribution < 1.29 is 22.6 Å². The summed E-state index contributed by atoms with van der Waals surface area (Å²) in [5, 5.41) is 0. The summed E-state index contributed by atoms with van der Waals surface area (Å²) in [5.74, 6) is -0.158. The van der Waals surface area contributed by atoms with Crippen molar-refractivity contribution in [2.75, 3.05) is 24.7 Å². The lowest BCUT2D eigenvalue weighted by Crippen LogP contribution is -2.43. The third-order valence-electron chi connectivity index (χ3n) is 1.79. The van der Waals surface area contributed by atoms with Crippen molar-refractivity contribution in [2.24, 2.45) is 0 Å². The molecule has 0 aromatic carbocycles. The van der Waals surface area contributed by atoms with Crippen molar-refractivity contribution in [1.29, 1.82) is 0 Å². The summed E-state index contributed by atoms with van der Waals surface area (Å²) in [7, 11) is -3.10. The van der Waals surface area contributed by atoms with Crippen molar-refractivity contribution in [2.45, 2.75) is 26.4 Å². The van der Waals surface area contributed by atoms with Crippen LogP contribution in [-0.4, -0.2) is 45.7 Å². The lowest BCUT2D eigenvalue weighted by molar-refractivity contribution is -0.230. The van der Waals surface area contributed by atoms with Gasteiger partial charge in [-0.3, -0.25) is 0 Å². The lowest BCUT2D eigenvalue weighted by atomic mass is 10.6. The summed E-state index contributed by atoms with van der Waals surface area (Å²) in [5.41, 5.74) is 0. The Balaban J connectivity index is 2.57. The van der Waals surface area contributed by atoms with Crippen LogP contribution in [-0.2, 0) is 24.0 Å². The third-order valence-corrected chi connectivity index (χ3v) is 3.35. The molecule has 0 amide bonds. The zero-order valence-corrected chi connectivity index (χ0v) is 9.25. The number of rotatable bonds is 4. The Hall–Kier alpha value is -0.170. The van der Waals surface area contributed by atoms with E-state index in [1.807, 2.05) is 0 Å².